The number of hydrogen-bond acceptors (Lipinski definition) is 3. The average Bonchev–Trinajstić information content (AvgIpc) is 2.55. The molecular formula is C18H27N3O2. The van der Waals surface area contributed by atoms with Crippen LogP contribution in [0.15, 0.2) is 30.3 Å². The van der Waals surface area contributed by atoms with Gasteiger partial charge < -0.3 is 16.4 Å². The van der Waals surface area contributed by atoms with Crippen molar-refractivity contribution in [2.45, 2.75) is 51.1 Å². The Bertz CT molecular complexity index is 518. The number of hydrogen-bond donors (Lipinski definition) is 3. The third kappa shape index (κ3) is 5.36. The first kappa shape index (κ1) is 17.5. The van der Waals surface area contributed by atoms with Crippen LogP contribution in [-0.2, 0) is 9.59 Å². The van der Waals surface area contributed by atoms with Crippen LogP contribution in [0.1, 0.15) is 50.6 Å². The lowest BCUT2D eigenvalue weighted by atomic mass is 9.84. The zero-order chi connectivity index (χ0) is 16.7. The number of carbonyl (C=O) groups is 2. The van der Waals surface area contributed by atoms with Crippen molar-refractivity contribution in [2.75, 3.05) is 6.54 Å². The Morgan fingerprint density at radius 3 is 2.57 bits per heavy atom. The Balaban J connectivity index is 1.98. The maximum atomic E-state index is 12.4. The molecular weight excluding hydrogens is 290 g/mol. The summed E-state index contributed by atoms with van der Waals surface area (Å²) in [7, 11) is 0. The van der Waals surface area contributed by atoms with Crippen LogP contribution < -0.4 is 16.4 Å². The number of carbonyl (C=O) groups excluding carboxylic acids is 2. The molecule has 5 heteroatoms. The smallest absolute Gasteiger partial charge is 0.222 e. The fraction of sp³-hybridized carbons (Fsp3) is 0.556. The van der Waals surface area contributed by atoms with Gasteiger partial charge in [-0.1, -0.05) is 43.2 Å². The van der Waals surface area contributed by atoms with Crippen molar-refractivity contribution in [2.24, 2.45) is 11.7 Å². The topological polar surface area (TPSA) is 84.2 Å². The van der Waals surface area contributed by atoms with Crippen LogP contribution in [0.4, 0.5) is 0 Å². The van der Waals surface area contributed by atoms with E-state index in [-0.39, 0.29) is 30.3 Å². The zero-order valence-electron chi connectivity index (χ0n) is 13.8. The number of nitrogens with two attached hydrogens (primary N) is 1. The monoisotopic (exact) mass is 317 g/mol. The van der Waals surface area contributed by atoms with Crippen molar-refractivity contribution >= 4 is 11.8 Å². The molecule has 5 nitrogen and oxygen atoms in total. The summed E-state index contributed by atoms with van der Waals surface area (Å²) in [5.74, 6) is 0.200. The third-order valence-corrected chi connectivity index (χ3v) is 4.53. The van der Waals surface area contributed by atoms with E-state index in [1.807, 2.05) is 30.3 Å². The van der Waals surface area contributed by atoms with Crippen LogP contribution in [-0.4, -0.2) is 24.4 Å². The molecule has 23 heavy (non-hydrogen) atoms. The molecule has 2 rings (SSSR count). The highest BCUT2D eigenvalue weighted by atomic mass is 16.2. The summed E-state index contributed by atoms with van der Waals surface area (Å²) >= 11 is 0. The molecule has 1 aliphatic carbocycles. The minimum absolute atomic E-state index is 0.0297. The van der Waals surface area contributed by atoms with Gasteiger partial charge in [0.05, 0.1) is 12.5 Å². The highest BCUT2D eigenvalue weighted by molar-refractivity contribution is 5.79. The molecule has 126 valence electrons. The summed E-state index contributed by atoms with van der Waals surface area (Å²) < 4.78 is 0. The van der Waals surface area contributed by atoms with Crippen LogP contribution in [0.2, 0.25) is 0 Å². The van der Waals surface area contributed by atoms with Crippen LogP contribution in [0.3, 0.4) is 0 Å². The Kier molecular flexibility index (Phi) is 6.59. The predicted octanol–water partition coefficient (Wildman–Crippen LogP) is 1.89. The molecule has 4 N–H and O–H groups in total. The Labute approximate surface area is 138 Å². The van der Waals surface area contributed by atoms with Gasteiger partial charge in [-0.3, -0.25) is 9.59 Å². The van der Waals surface area contributed by atoms with E-state index in [1.165, 1.54) is 13.3 Å². The summed E-state index contributed by atoms with van der Waals surface area (Å²) in [6.45, 7) is 2.08. The fourth-order valence-electron chi connectivity index (χ4n) is 3.31. The second-order valence-electron chi connectivity index (χ2n) is 6.32. The van der Waals surface area contributed by atoms with Crippen molar-refractivity contribution in [1.29, 1.82) is 0 Å². The standard InChI is InChI=1S/C18H27N3O2/c1-13(22)20-17(14-7-3-2-4-8-14)11-18(23)21-16-10-6-5-9-15(16)12-19/h2-4,7-8,15-17H,5-6,9-12,19H2,1H3,(H,20,22)(H,21,23). The summed E-state index contributed by atoms with van der Waals surface area (Å²) in [5.41, 5.74) is 6.76. The minimum Gasteiger partial charge on any atom is -0.353 e. The number of benzene rings is 1. The molecule has 3 atom stereocenters. The quantitative estimate of drug-likeness (QED) is 0.749. The van der Waals surface area contributed by atoms with Gasteiger partial charge in [-0.05, 0) is 30.9 Å². The first-order valence-corrected chi connectivity index (χ1v) is 8.41. The van der Waals surface area contributed by atoms with E-state index in [0.717, 1.165) is 24.8 Å². The highest BCUT2D eigenvalue weighted by Gasteiger charge is 2.26. The molecule has 1 aromatic carbocycles. The zero-order valence-corrected chi connectivity index (χ0v) is 13.8. The van der Waals surface area contributed by atoms with Crippen LogP contribution >= 0.6 is 0 Å². The van der Waals surface area contributed by atoms with Gasteiger partial charge in [-0.2, -0.15) is 0 Å². The minimum atomic E-state index is -0.298. The lowest BCUT2D eigenvalue weighted by Crippen LogP contribution is -2.45. The van der Waals surface area contributed by atoms with E-state index < -0.39 is 0 Å². The molecule has 3 unspecified atom stereocenters. The van der Waals surface area contributed by atoms with Gasteiger partial charge >= 0.3 is 0 Å². The van der Waals surface area contributed by atoms with Gasteiger partial charge in [0.2, 0.25) is 11.8 Å². The van der Waals surface area contributed by atoms with Crippen LogP contribution in [0, 0.1) is 5.92 Å². The van der Waals surface area contributed by atoms with Crippen molar-refractivity contribution < 1.29 is 9.59 Å². The predicted molar refractivity (Wildman–Crippen MR) is 90.6 cm³/mol. The van der Waals surface area contributed by atoms with Crippen molar-refractivity contribution in [3.8, 4) is 0 Å². The maximum absolute atomic E-state index is 12.4. The maximum Gasteiger partial charge on any atom is 0.222 e. The molecule has 1 aliphatic rings. The Morgan fingerprint density at radius 1 is 1.22 bits per heavy atom. The van der Waals surface area contributed by atoms with Crippen molar-refractivity contribution in [1.82, 2.24) is 10.6 Å². The highest BCUT2D eigenvalue weighted by Crippen LogP contribution is 2.24. The lowest BCUT2D eigenvalue weighted by Gasteiger charge is -2.31. The molecule has 0 radical (unpaired) electrons. The van der Waals surface area contributed by atoms with Gasteiger partial charge in [-0.15, -0.1) is 0 Å². The molecule has 1 fully saturated rings. The second-order valence-corrected chi connectivity index (χ2v) is 6.32. The van der Waals surface area contributed by atoms with E-state index in [2.05, 4.69) is 10.6 Å². The average molecular weight is 317 g/mol. The fourth-order valence-corrected chi connectivity index (χ4v) is 3.31. The first-order valence-electron chi connectivity index (χ1n) is 8.41. The summed E-state index contributed by atoms with van der Waals surface area (Å²) in [5, 5.41) is 5.99. The number of nitrogens with one attached hydrogen (secondary N) is 2. The van der Waals surface area contributed by atoms with E-state index in [1.54, 1.807) is 0 Å². The molecule has 1 saturated carbocycles. The molecule has 0 heterocycles. The SMILES string of the molecule is CC(=O)NC(CC(=O)NC1CCCCC1CN)c1ccccc1. The van der Waals surface area contributed by atoms with E-state index >= 15 is 0 Å². The van der Waals surface area contributed by atoms with E-state index in [0.29, 0.717) is 12.5 Å². The summed E-state index contributed by atoms with van der Waals surface area (Å²) in [6, 6.07) is 9.46. The summed E-state index contributed by atoms with van der Waals surface area (Å²) in [6.07, 6.45) is 4.64. The van der Waals surface area contributed by atoms with E-state index in [4.69, 9.17) is 5.73 Å². The van der Waals surface area contributed by atoms with Gasteiger partial charge in [0.25, 0.3) is 0 Å². The lowest BCUT2D eigenvalue weighted by molar-refractivity contribution is -0.123. The summed E-state index contributed by atoms with van der Waals surface area (Å²) in [4.78, 5) is 23.9. The third-order valence-electron chi connectivity index (χ3n) is 4.53. The van der Waals surface area contributed by atoms with Crippen LogP contribution in [0.5, 0.6) is 0 Å². The Hall–Kier alpha value is -1.88. The van der Waals surface area contributed by atoms with Gasteiger partial charge in [-0.25, -0.2) is 0 Å². The molecule has 1 aromatic rings. The van der Waals surface area contributed by atoms with Crippen molar-refractivity contribution in [3.05, 3.63) is 35.9 Å². The molecule has 0 aromatic heterocycles. The number of rotatable bonds is 6. The Morgan fingerprint density at radius 2 is 1.91 bits per heavy atom. The largest absolute Gasteiger partial charge is 0.353 e. The molecule has 0 bridgehead atoms. The van der Waals surface area contributed by atoms with Crippen molar-refractivity contribution in [3.63, 3.8) is 0 Å². The molecule has 0 aliphatic heterocycles. The van der Waals surface area contributed by atoms with Gasteiger partial charge in [0, 0.05) is 13.0 Å². The van der Waals surface area contributed by atoms with Gasteiger partial charge in [0.1, 0.15) is 0 Å². The molecule has 0 saturated heterocycles. The molecule has 0 spiro atoms. The molecule has 2 amide bonds. The first-order chi connectivity index (χ1) is 11.1. The number of amides is 2. The van der Waals surface area contributed by atoms with Crippen LogP contribution in [0.25, 0.3) is 0 Å². The van der Waals surface area contributed by atoms with Gasteiger partial charge in [0.15, 0.2) is 0 Å². The second kappa shape index (κ2) is 8.67. The van der Waals surface area contributed by atoms with E-state index in [9.17, 15) is 9.59 Å². The normalized spacial score (nSPS) is 22.2.